The Bertz CT molecular complexity index is 906. The lowest BCUT2D eigenvalue weighted by Gasteiger charge is -2.45. The van der Waals surface area contributed by atoms with Crippen molar-refractivity contribution in [2.75, 3.05) is 6.61 Å². The van der Waals surface area contributed by atoms with Gasteiger partial charge in [-0.15, -0.1) is 0 Å². The second kappa shape index (κ2) is 13.8. The van der Waals surface area contributed by atoms with Gasteiger partial charge in [-0.25, -0.2) is 0 Å². The van der Waals surface area contributed by atoms with Crippen LogP contribution in [0.4, 0.5) is 8.78 Å². The normalized spacial score (nSPS) is 30.2. The topological polar surface area (TPSA) is 35.5 Å². The molecule has 0 bridgehead atoms. The van der Waals surface area contributed by atoms with Gasteiger partial charge in [-0.05, 0) is 106 Å². The van der Waals surface area contributed by atoms with Gasteiger partial charge in [0.1, 0.15) is 6.61 Å². The molecule has 3 aliphatic rings. The lowest BCUT2D eigenvalue weighted by atomic mass is 9.60. The minimum Gasteiger partial charge on any atom is -0.486 e. The van der Waals surface area contributed by atoms with Gasteiger partial charge >= 0.3 is 5.97 Å². The van der Waals surface area contributed by atoms with E-state index in [9.17, 15) is 13.6 Å². The summed E-state index contributed by atoms with van der Waals surface area (Å²) in [6.45, 7) is 4.26. The van der Waals surface area contributed by atoms with E-state index < -0.39 is 17.6 Å². The van der Waals surface area contributed by atoms with Gasteiger partial charge < -0.3 is 9.47 Å². The molecule has 206 valence electrons. The summed E-state index contributed by atoms with van der Waals surface area (Å²) in [5, 5.41) is 0. The number of hydrogen-bond donors (Lipinski definition) is 0. The number of fused-ring (bicyclic) bond motifs is 1. The van der Waals surface area contributed by atoms with Crippen molar-refractivity contribution in [3.63, 3.8) is 0 Å². The first-order chi connectivity index (χ1) is 18.0. The zero-order valence-corrected chi connectivity index (χ0v) is 22.9. The van der Waals surface area contributed by atoms with E-state index in [0.29, 0.717) is 5.92 Å². The van der Waals surface area contributed by atoms with E-state index >= 15 is 0 Å². The van der Waals surface area contributed by atoms with E-state index in [4.69, 9.17) is 9.47 Å². The molecule has 0 radical (unpaired) electrons. The van der Waals surface area contributed by atoms with Gasteiger partial charge in [0.25, 0.3) is 0 Å². The maximum Gasteiger partial charge on any atom is 0.314 e. The summed E-state index contributed by atoms with van der Waals surface area (Å²) in [6.07, 6.45) is 21.1. The molecule has 3 nitrogen and oxygen atoms in total. The number of carbonyl (C=O) groups is 1. The van der Waals surface area contributed by atoms with Crippen LogP contribution in [0.3, 0.4) is 0 Å². The van der Waals surface area contributed by atoms with Gasteiger partial charge in [-0.2, -0.15) is 8.78 Å². The molecule has 4 atom stereocenters. The van der Waals surface area contributed by atoms with Crippen LogP contribution in [0.25, 0.3) is 0 Å². The van der Waals surface area contributed by atoms with E-state index in [0.717, 1.165) is 49.4 Å². The minimum atomic E-state index is -1.17. The third kappa shape index (κ3) is 7.35. The highest BCUT2D eigenvalue weighted by Crippen LogP contribution is 2.49. The van der Waals surface area contributed by atoms with Gasteiger partial charge in [0.15, 0.2) is 11.5 Å². The largest absolute Gasteiger partial charge is 0.486 e. The quantitative estimate of drug-likeness (QED) is 0.135. The van der Waals surface area contributed by atoms with Crippen LogP contribution in [0, 0.1) is 47.1 Å². The minimum absolute atomic E-state index is 0.150. The van der Waals surface area contributed by atoms with E-state index in [1.165, 1.54) is 76.3 Å². The van der Waals surface area contributed by atoms with Crippen LogP contribution >= 0.6 is 0 Å². The fourth-order valence-corrected chi connectivity index (χ4v) is 7.35. The van der Waals surface area contributed by atoms with Crippen LogP contribution < -0.4 is 9.47 Å². The van der Waals surface area contributed by atoms with E-state index in [-0.39, 0.29) is 24.0 Å². The first-order valence-electron chi connectivity index (χ1n) is 14.9. The molecule has 3 aliphatic carbocycles. The van der Waals surface area contributed by atoms with Crippen molar-refractivity contribution < 1.29 is 23.0 Å². The van der Waals surface area contributed by atoms with Crippen molar-refractivity contribution in [1.82, 2.24) is 0 Å². The number of ether oxygens (including phenoxy) is 2. The molecule has 0 aliphatic heterocycles. The number of benzene rings is 1. The Morgan fingerprint density at radius 3 is 2.22 bits per heavy atom. The SMILES string of the molecule is C/C=C/COc1ccc(OC(=O)C2CCC(C3CCC4CC(CCCCC)CCC4C3)CC2)c(F)c1F. The van der Waals surface area contributed by atoms with Crippen LogP contribution in [-0.4, -0.2) is 12.6 Å². The van der Waals surface area contributed by atoms with Crippen LogP contribution in [0.2, 0.25) is 0 Å². The van der Waals surface area contributed by atoms with Crippen molar-refractivity contribution in [1.29, 1.82) is 0 Å². The predicted molar refractivity (Wildman–Crippen MR) is 144 cm³/mol. The molecule has 4 rings (SSSR count). The smallest absolute Gasteiger partial charge is 0.314 e. The Kier molecular flexibility index (Phi) is 10.5. The lowest BCUT2D eigenvalue weighted by Crippen LogP contribution is -2.35. The number of unbranched alkanes of at least 4 members (excludes halogenated alkanes) is 2. The summed E-state index contributed by atoms with van der Waals surface area (Å²) < 4.78 is 39.4. The van der Waals surface area contributed by atoms with Crippen molar-refractivity contribution in [2.45, 2.75) is 104 Å². The highest BCUT2D eigenvalue weighted by molar-refractivity contribution is 5.75. The van der Waals surface area contributed by atoms with E-state index in [1.807, 2.05) is 6.92 Å². The van der Waals surface area contributed by atoms with Gasteiger partial charge in [-0.1, -0.05) is 51.2 Å². The van der Waals surface area contributed by atoms with Gasteiger partial charge in [0.2, 0.25) is 11.6 Å². The zero-order chi connectivity index (χ0) is 26.2. The average molecular weight is 517 g/mol. The van der Waals surface area contributed by atoms with Crippen molar-refractivity contribution in [2.24, 2.45) is 35.5 Å². The van der Waals surface area contributed by atoms with Gasteiger partial charge in [0.05, 0.1) is 5.92 Å². The molecule has 1 aromatic carbocycles. The maximum atomic E-state index is 14.5. The fourth-order valence-electron chi connectivity index (χ4n) is 7.35. The lowest BCUT2D eigenvalue weighted by molar-refractivity contribution is -0.140. The molecule has 1 aromatic rings. The number of carbonyl (C=O) groups excluding carboxylic acids is 1. The highest BCUT2D eigenvalue weighted by Gasteiger charge is 2.39. The highest BCUT2D eigenvalue weighted by atomic mass is 19.2. The van der Waals surface area contributed by atoms with Crippen LogP contribution in [0.1, 0.15) is 104 Å². The third-order valence-electron chi connectivity index (χ3n) is 9.54. The molecule has 0 heterocycles. The Morgan fingerprint density at radius 2 is 1.49 bits per heavy atom. The fraction of sp³-hybridized carbons (Fsp3) is 0.719. The van der Waals surface area contributed by atoms with Gasteiger partial charge in [-0.3, -0.25) is 4.79 Å². The molecular weight excluding hydrogens is 470 g/mol. The monoisotopic (exact) mass is 516 g/mol. The molecule has 0 saturated heterocycles. The standard InChI is InChI=1S/C32H46F2O3/c1-3-5-7-8-22-9-10-27-21-26(16-15-25(27)20-22)23-11-13-24(14-12-23)32(35)37-29-18-17-28(30(33)31(29)34)36-19-6-4-2/h4,6,17-18,22-27H,3,5,7-16,19-21H2,1-2H3/b6-4+. The number of halogens is 2. The molecule has 0 N–H and O–H groups in total. The van der Waals surface area contributed by atoms with Crippen molar-refractivity contribution >= 4 is 5.97 Å². The maximum absolute atomic E-state index is 14.5. The first-order valence-corrected chi connectivity index (χ1v) is 14.9. The summed E-state index contributed by atoms with van der Waals surface area (Å²) in [5.74, 6) is 0.786. The summed E-state index contributed by atoms with van der Waals surface area (Å²) in [7, 11) is 0. The van der Waals surface area contributed by atoms with E-state index in [2.05, 4.69) is 6.92 Å². The Hall–Kier alpha value is -1.91. The van der Waals surface area contributed by atoms with Crippen LogP contribution in [0.5, 0.6) is 11.5 Å². The molecule has 5 heteroatoms. The number of allylic oxidation sites excluding steroid dienone is 1. The van der Waals surface area contributed by atoms with Gasteiger partial charge in [0, 0.05) is 0 Å². The molecule has 3 fully saturated rings. The molecule has 0 spiro atoms. The number of esters is 1. The Labute approximate surface area is 222 Å². The van der Waals surface area contributed by atoms with E-state index in [1.54, 1.807) is 12.2 Å². The molecular formula is C32H46F2O3. The molecule has 37 heavy (non-hydrogen) atoms. The Balaban J connectivity index is 1.22. The average Bonchev–Trinajstić information content (AvgIpc) is 2.92. The first kappa shape index (κ1) is 28.1. The molecule has 3 saturated carbocycles. The number of rotatable bonds is 10. The molecule has 4 unspecified atom stereocenters. The Morgan fingerprint density at radius 1 is 0.865 bits per heavy atom. The summed E-state index contributed by atoms with van der Waals surface area (Å²) in [6, 6.07) is 2.60. The van der Waals surface area contributed by atoms with Crippen molar-refractivity contribution in [3.05, 3.63) is 35.9 Å². The summed E-state index contributed by atoms with van der Waals surface area (Å²) in [4.78, 5) is 12.8. The van der Waals surface area contributed by atoms with Crippen LogP contribution in [0.15, 0.2) is 24.3 Å². The predicted octanol–water partition coefficient (Wildman–Crippen LogP) is 9.04. The number of hydrogen-bond acceptors (Lipinski definition) is 3. The molecule has 0 amide bonds. The van der Waals surface area contributed by atoms with Crippen LogP contribution in [-0.2, 0) is 4.79 Å². The summed E-state index contributed by atoms with van der Waals surface area (Å²) in [5.41, 5.74) is 0. The second-order valence-corrected chi connectivity index (χ2v) is 11.9. The summed E-state index contributed by atoms with van der Waals surface area (Å²) >= 11 is 0. The second-order valence-electron chi connectivity index (χ2n) is 11.9. The zero-order valence-electron chi connectivity index (χ0n) is 22.9. The molecule has 0 aromatic heterocycles. The van der Waals surface area contributed by atoms with Crippen molar-refractivity contribution in [3.8, 4) is 11.5 Å². The third-order valence-corrected chi connectivity index (χ3v) is 9.54.